The average molecular weight is 245 g/mol. The molecule has 4 nitrogen and oxygen atoms in total. The molecule has 3 rings (SSSR count). The summed E-state index contributed by atoms with van der Waals surface area (Å²) in [4.78, 5) is 13.8. The van der Waals surface area contributed by atoms with E-state index in [1.54, 1.807) is 0 Å². The van der Waals surface area contributed by atoms with Crippen molar-refractivity contribution in [1.82, 2.24) is 5.32 Å². The van der Waals surface area contributed by atoms with Crippen LogP contribution in [0.15, 0.2) is 18.2 Å². The molecular formula is C14H19N3O. The molecule has 2 aliphatic rings. The Labute approximate surface area is 107 Å². The Morgan fingerprint density at radius 2 is 2.22 bits per heavy atom. The number of hydrogen-bond acceptors (Lipinski definition) is 3. The summed E-state index contributed by atoms with van der Waals surface area (Å²) in [5.41, 5.74) is 9.93. The quantitative estimate of drug-likeness (QED) is 0.774. The fourth-order valence-electron chi connectivity index (χ4n) is 2.93. The number of rotatable bonds is 1. The summed E-state index contributed by atoms with van der Waals surface area (Å²) in [6.07, 6.45) is 2.40. The molecule has 0 bridgehead atoms. The Morgan fingerprint density at radius 1 is 1.39 bits per heavy atom. The van der Waals surface area contributed by atoms with Crippen LogP contribution in [0.3, 0.4) is 0 Å². The van der Waals surface area contributed by atoms with Crippen molar-refractivity contribution in [2.45, 2.75) is 31.3 Å². The van der Waals surface area contributed by atoms with Gasteiger partial charge in [0.1, 0.15) is 0 Å². The van der Waals surface area contributed by atoms with E-state index in [0.717, 1.165) is 24.9 Å². The molecule has 2 heterocycles. The van der Waals surface area contributed by atoms with E-state index in [0.29, 0.717) is 6.42 Å². The van der Waals surface area contributed by atoms with Crippen molar-refractivity contribution in [3.8, 4) is 0 Å². The number of nitrogens with one attached hydrogen (secondary N) is 1. The van der Waals surface area contributed by atoms with E-state index in [9.17, 15) is 4.79 Å². The predicted octanol–water partition coefficient (Wildman–Crippen LogP) is 0.957. The van der Waals surface area contributed by atoms with E-state index in [4.69, 9.17) is 5.73 Å². The van der Waals surface area contributed by atoms with Gasteiger partial charge < -0.3 is 16.0 Å². The molecule has 0 aromatic heterocycles. The minimum absolute atomic E-state index is 0.0255. The van der Waals surface area contributed by atoms with Gasteiger partial charge >= 0.3 is 0 Å². The molecule has 0 spiro atoms. The Bertz CT molecular complexity index is 486. The number of carbonyl (C=O) groups excluding carboxylic acids is 1. The molecule has 1 aromatic rings. The topological polar surface area (TPSA) is 58.4 Å². The molecule has 1 aromatic carbocycles. The normalized spacial score (nSPS) is 27.0. The second-order valence-corrected chi connectivity index (χ2v) is 5.31. The summed E-state index contributed by atoms with van der Waals surface area (Å²) < 4.78 is 0. The van der Waals surface area contributed by atoms with Gasteiger partial charge in [-0.2, -0.15) is 0 Å². The zero-order valence-corrected chi connectivity index (χ0v) is 10.6. The number of piperidine rings is 1. The lowest BCUT2D eigenvalue weighted by Gasteiger charge is -2.30. The monoisotopic (exact) mass is 245 g/mol. The lowest BCUT2D eigenvalue weighted by atomic mass is 9.91. The van der Waals surface area contributed by atoms with Crippen LogP contribution in [0, 0.1) is 0 Å². The first-order chi connectivity index (χ1) is 8.65. The molecule has 2 atom stereocenters. The van der Waals surface area contributed by atoms with Crippen LogP contribution >= 0.6 is 0 Å². The Hall–Kier alpha value is -1.55. The third-order valence-corrected chi connectivity index (χ3v) is 4.04. The molecule has 96 valence electrons. The molecule has 1 saturated heterocycles. The van der Waals surface area contributed by atoms with Gasteiger partial charge in [-0.1, -0.05) is 12.1 Å². The summed E-state index contributed by atoms with van der Waals surface area (Å²) in [6.45, 7) is 1.07. The van der Waals surface area contributed by atoms with Crippen molar-refractivity contribution in [3.63, 3.8) is 0 Å². The third-order valence-electron chi connectivity index (χ3n) is 4.04. The summed E-state index contributed by atoms with van der Waals surface area (Å²) in [5.74, 6) is 0.110. The van der Waals surface area contributed by atoms with Crippen LogP contribution in [0.4, 0.5) is 5.69 Å². The van der Waals surface area contributed by atoms with Crippen LogP contribution in [0.25, 0.3) is 0 Å². The first-order valence-electron chi connectivity index (χ1n) is 6.54. The number of likely N-dealkylation sites (N-methyl/N-ethyl adjacent to an activating group) is 1. The maximum atomic E-state index is 11.5. The highest BCUT2D eigenvalue weighted by Crippen LogP contribution is 2.31. The number of anilines is 1. The van der Waals surface area contributed by atoms with Crippen LogP contribution in [-0.4, -0.2) is 25.5 Å². The molecule has 0 aliphatic carbocycles. The van der Waals surface area contributed by atoms with Gasteiger partial charge in [0.15, 0.2) is 0 Å². The number of carbonyl (C=O) groups is 1. The van der Waals surface area contributed by atoms with Gasteiger partial charge in [0, 0.05) is 31.7 Å². The second kappa shape index (κ2) is 4.28. The first kappa shape index (κ1) is 11.5. The molecule has 0 radical (unpaired) electrons. The summed E-state index contributed by atoms with van der Waals surface area (Å²) in [7, 11) is 2.11. The number of benzene rings is 1. The number of fused-ring (bicyclic) bond motifs is 1. The standard InChI is InChI=1S/C14H19N3O/c1-17-7-6-9-8-10(2-4-12(9)17)14-11(15)3-5-13(18)16-14/h2,4,8,11,14H,3,5-7,15H2,1H3,(H,16,18). The van der Waals surface area contributed by atoms with Gasteiger partial charge in [0.05, 0.1) is 6.04 Å². The third kappa shape index (κ3) is 1.86. The Kier molecular flexibility index (Phi) is 2.74. The fourth-order valence-corrected chi connectivity index (χ4v) is 2.93. The summed E-state index contributed by atoms with van der Waals surface area (Å²) >= 11 is 0. The van der Waals surface area contributed by atoms with Gasteiger partial charge in [0.25, 0.3) is 0 Å². The highest BCUT2D eigenvalue weighted by Gasteiger charge is 2.28. The zero-order valence-electron chi connectivity index (χ0n) is 10.6. The van der Waals surface area contributed by atoms with Crippen molar-refractivity contribution in [1.29, 1.82) is 0 Å². The van der Waals surface area contributed by atoms with Crippen molar-refractivity contribution in [2.24, 2.45) is 5.73 Å². The lowest BCUT2D eigenvalue weighted by molar-refractivity contribution is -0.123. The van der Waals surface area contributed by atoms with E-state index in [2.05, 4.69) is 35.5 Å². The number of nitrogens with zero attached hydrogens (tertiary/aromatic N) is 1. The van der Waals surface area contributed by atoms with Crippen LogP contribution in [0.5, 0.6) is 0 Å². The highest BCUT2D eigenvalue weighted by atomic mass is 16.1. The molecule has 1 amide bonds. The minimum atomic E-state index is -0.0255. The van der Waals surface area contributed by atoms with Crippen LogP contribution in [0.2, 0.25) is 0 Å². The molecule has 1 fully saturated rings. The van der Waals surface area contributed by atoms with E-state index < -0.39 is 0 Å². The lowest BCUT2D eigenvalue weighted by Crippen LogP contribution is -2.45. The molecule has 0 saturated carbocycles. The van der Waals surface area contributed by atoms with Crippen LogP contribution in [-0.2, 0) is 11.2 Å². The SMILES string of the molecule is CN1CCc2cc(C3NC(=O)CCC3N)ccc21. The highest BCUT2D eigenvalue weighted by molar-refractivity contribution is 5.77. The Balaban J connectivity index is 1.90. The van der Waals surface area contributed by atoms with Crippen molar-refractivity contribution < 1.29 is 4.79 Å². The summed E-state index contributed by atoms with van der Waals surface area (Å²) in [5, 5.41) is 3.01. The van der Waals surface area contributed by atoms with Gasteiger partial charge in [-0.25, -0.2) is 0 Å². The van der Waals surface area contributed by atoms with E-state index in [1.165, 1.54) is 11.3 Å². The van der Waals surface area contributed by atoms with E-state index >= 15 is 0 Å². The Morgan fingerprint density at radius 3 is 3.06 bits per heavy atom. The smallest absolute Gasteiger partial charge is 0.220 e. The molecule has 18 heavy (non-hydrogen) atoms. The van der Waals surface area contributed by atoms with Crippen LogP contribution in [0.1, 0.15) is 30.0 Å². The minimum Gasteiger partial charge on any atom is -0.374 e. The maximum Gasteiger partial charge on any atom is 0.220 e. The van der Waals surface area contributed by atoms with Gasteiger partial charge in [-0.15, -0.1) is 0 Å². The molecule has 4 heteroatoms. The van der Waals surface area contributed by atoms with Gasteiger partial charge in [-0.3, -0.25) is 4.79 Å². The van der Waals surface area contributed by atoms with Crippen molar-refractivity contribution in [3.05, 3.63) is 29.3 Å². The maximum absolute atomic E-state index is 11.5. The second-order valence-electron chi connectivity index (χ2n) is 5.31. The average Bonchev–Trinajstić information content (AvgIpc) is 2.74. The van der Waals surface area contributed by atoms with Crippen molar-refractivity contribution in [2.75, 3.05) is 18.5 Å². The molecule has 2 aliphatic heterocycles. The molecular weight excluding hydrogens is 226 g/mol. The summed E-state index contributed by atoms with van der Waals surface area (Å²) in [6, 6.07) is 6.44. The van der Waals surface area contributed by atoms with E-state index in [1.807, 2.05) is 0 Å². The van der Waals surface area contributed by atoms with Gasteiger partial charge in [0.2, 0.25) is 5.91 Å². The number of hydrogen-bond donors (Lipinski definition) is 2. The molecule has 2 unspecified atom stereocenters. The van der Waals surface area contributed by atoms with Gasteiger partial charge in [-0.05, 0) is 30.0 Å². The largest absolute Gasteiger partial charge is 0.374 e. The fraction of sp³-hybridized carbons (Fsp3) is 0.500. The van der Waals surface area contributed by atoms with Crippen LogP contribution < -0.4 is 16.0 Å². The first-order valence-corrected chi connectivity index (χ1v) is 6.54. The zero-order chi connectivity index (χ0) is 12.7. The van der Waals surface area contributed by atoms with E-state index in [-0.39, 0.29) is 18.0 Å². The molecule has 3 N–H and O–H groups in total. The predicted molar refractivity (Wildman–Crippen MR) is 71.5 cm³/mol. The number of nitrogens with two attached hydrogens (primary N) is 1. The van der Waals surface area contributed by atoms with Crippen molar-refractivity contribution >= 4 is 11.6 Å². The number of amides is 1.